The average molecular weight is 147 g/mol. The molecule has 58 valence electrons. The van der Waals surface area contributed by atoms with Gasteiger partial charge in [0, 0.05) is 5.69 Å². The van der Waals surface area contributed by atoms with E-state index in [-0.39, 0.29) is 0 Å². The van der Waals surface area contributed by atoms with Crippen LogP contribution in [-0.4, -0.2) is 0 Å². The quantitative estimate of drug-likeness (QED) is 0.607. The Kier molecular flexibility index (Phi) is 1.99. The zero-order chi connectivity index (χ0) is 8.43. The van der Waals surface area contributed by atoms with Crippen LogP contribution in [0.1, 0.15) is 16.7 Å². The van der Waals surface area contributed by atoms with Crippen molar-refractivity contribution in [1.82, 2.24) is 0 Å². The maximum absolute atomic E-state index is 5.82. The highest BCUT2D eigenvalue weighted by atomic mass is 14.6. The first kappa shape index (κ1) is 7.86. The second-order valence-electron chi connectivity index (χ2n) is 2.73. The van der Waals surface area contributed by atoms with E-state index in [0.717, 1.165) is 16.8 Å². The second kappa shape index (κ2) is 2.79. The molecule has 11 heavy (non-hydrogen) atoms. The molecule has 0 amide bonds. The first-order valence-corrected chi connectivity index (χ1v) is 3.65. The normalized spacial score (nSPS) is 9.64. The Morgan fingerprint density at radius 2 is 1.82 bits per heavy atom. The van der Waals surface area contributed by atoms with Crippen LogP contribution in [0.2, 0.25) is 0 Å². The molecule has 0 radical (unpaired) electrons. The predicted octanol–water partition coefficient (Wildman–Crippen LogP) is 2.53. The van der Waals surface area contributed by atoms with E-state index in [1.165, 1.54) is 5.56 Å². The summed E-state index contributed by atoms with van der Waals surface area (Å²) in [6, 6.07) is 4.08. The Bertz CT molecular complexity index is 287. The van der Waals surface area contributed by atoms with E-state index in [4.69, 9.17) is 5.73 Å². The summed E-state index contributed by atoms with van der Waals surface area (Å²) >= 11 is 0. The molecule has 2 N–H and O–H groups in total. The Morgan fingerprint density at radius 3 is 2.27 bits per heavy atom. The number of hydrogen-bond donors (Lipinski definition) is 1. The molecular formula is C10H13N. The van der Waals surface area contributed by atoms with Crippen LogP contribution in [0.15, 0.2) is 18.7 Å². The third-order valence-corrected chi connectivity index (χ3v) is 1.93. The highest BCUT2D eigenvalue weighted by molar-refractivity contribution is 5.69. The lowest BCUT2D eigenvalue weighted by atomic mass is 10.0. The monoisotopic (exact) mass is 147 g/mol. The van der Waals surface area contributed by atoms with E-state index >= 15 is 0 Å². The van der Waals surface area contributed by atoms with Crippen molar-refractivity contribution in [1.29, 1.82) is 0 Å². The summed E-state index contributed by atoms with van der Waals surface area (Å²) in [4.78, 5) is 0. The molecule has 1 heteroatoms. The van der Waals surface area contributed by atoms with Gasteiger partial charge in [0.05, 0.1) is 0 Å². The number of nitrogens with two attached hydrogens (primary N) is 1. The van der Waals surface area contributed by atoms with Crippen LogP contribution in [0.5, 0.6) is 0 Å². The van der Waals surface area contributed by atoms with Gasteiger partial charge in [-0.05, 0) is 30.5 Å². The van der Waals surface area contributed by atoms with Crippen LogP contribution in [0.25, 0.3) is 6.08 Å². The van der Waals surface area contributed by atoms with Crippen molar-refractivity contribution in [2.24, 2.45) is 0 Å². The minimum absolute atomic E-state index is 0.847. The highest BCUT2D eigenvalue weighted by Crippen LogP contribution is 2.21. The van der Waals surface area contributed by atoms with Crippen LogP contribution in [0.3, 0.4) is 0 Å². The summed E-state index contributed by atoms with van der Waals surface area (Å²) in [5, 5.41) is 0. The van der Waals surface area contributed by atoms with E-state index in [1.807, 2.05) is 19.9 Å². The van der Waals surface area contributed by atoms with Crippen molar-refractivity contribution in [3.05, 3.63) is 35.4 Å². The third-order valence-electron chi connectivity index (χ3n) is 1.93. The molecule has 0 saturated carbocycles. The third kappa shape index (κ3) is 1.27. The molecule has 0 heterocycles. The number of aryl methyl sites for hydroxylation is 2. The maximum atomic E-state index is 5.82. The van der Waals surface area contributed by atoms with Crippen LogP contribution >= 0.6 is 0 Å². The molecule has 0 spiro atoms. The van der Waals surface area contributed by atoms with Gasteiger partial charge in [-0.1, -0.05) is 24.8 Å². The number of anilines is 1. The molecule has 0 bridgehead atoms. The van der Waals surface area contributed by atoms with E-state index in [2.05, 4.69) is 12.6 Å². The molecule has 0 aromatic heterocycles. The van der Waals surface area contributed by atoms with E-state index in [0.29, 0.717) is 0 Å². The molecule has 1 aromatic carbocycles. The zero-order valence-corrected chi connectivity index (χ0v) is 7.02. The van der Waals surface area contributed by atoms with Gasteiger partial charge in [-0.3, -0.25) is 0 Å². The molecule has 0 atom stereocenters. The Balaban J connectivity index is 3.40. The van der Waals surface area contributed by atoms with Gasteiger partial charge in [-0.2, -0.15) is 0 Å². The van der Waals surface area contributed by atoms with Gasteiger partial charge < -0.3 is 5.73 Å². The van der Waals surface area contributed by atoms with Gasteiger partial charge in [0.15, 0.2) is 0 Å². The molecule has 0 fully saturated rings. The Labute approximate surface area is 67.5 Å². The maximum Gasteiger partial charge on any atom is 0.0419 e. The van der Waals surface area contributed by atoms with E-state index in [9.17, 15) is 0 Å². The smallest absolute Gasteiger partial charge is 0.0419 e. The van der Waals surface area contributed by atoms with Gasteiger partial charge >= 0.3 is 0 Å². The number of nitrogen functional groups attached to an aromatic ring is 1. The van der Waals surface area contributed by atoms with E-state index in [1.54, 1.807) is 6.08 Å². The lowest BCUT2D eigenvalue weighted by molar-refractivity contribution is 1.38. The molecule has 0 aliphatic carbocycles. The SMILES string of the molecule is C=Cc1c(C)ccc(C)c1N. The number of benzene rings is 1. The standard InChI is InChI=1S/C10H13N/c1-4-9-7(2)5-6-8(3)10(9)11/h4-6H,1,11H2,2-3H3. The summed E-state index contributed by atoms with van der Waals surface area (Å²) in [6.07, 6.45) is 1.80. The van der Waals surface area contributed by atoms with Gasteiger partial charge in [0.1, 0.15) is 0 Å². The molecular weight excluding hydrogens is 134 g/mol. The van der Waals surface area contributed by atoms with Crippen LogP contribution in [-0.2, 0) is 0 Å². The summed E-state index contributed by atoms with van der Waals surface area (Å²) in [7, 11) is 0. The lowest BCUT2D eigenvalue weighted by Crippen LogP contribution is -1.94. The van der Waals surface area contributed by atoms with Crippen molar-refractivity contribution in [3.8, 4) is 0 Å². The minimum Gasteiger partial charge on any atom is -0.398 e. The van der Waals surface area contributed by atoms with E-state index < -0.39 is 0 Å². The molecule has 0 unspecified atom stereocenters. The molecule has 0 aliphatic heterocycles. The minimum atomic E-state index is 0.847. The number of hydrogen-bond acceptors (Lipinski definition) is 1. The van der Waals surface area contributed by atoms with Crippen LogP contribution in [0, 0.1) is 13.8 Å². The van der Waals surface area contributed by atoms with Gasteiger partial charge in [0.2, 0.25) is 0 Å². The van der Waals surface area contributed by atoms with Crippen LogP contribution in [0.4, 0.5) is 5.69 Å². The highest BCUT2D eigenvalue weighted by Gasteiger charge is 2.00. The van der Waals surface area contributed by atoms with Crippen molar-refractivity contribution in [3.63, 3.8) is 0 Å². The average Bonchev–Trinajstić information content (AvgIpc) is 1.99. The summed E-state index contributed by atoms with van der Waals surface area (Å²) < 4.78 is 0. The fourth-order valence-corrected chi connectivity index (χ4v) is 1.13. The topological polar surface area (TPSA) is 26.0 Å². The fourth-order valence-electron chi connectivity index (χ4n) is 1.13. The zero-order valence-electron chi connectivity index (χ0n) is 7.02. The molecule has 0 saturated heterocycles. The first-order chi connectivity index (χ1) is 5.16. The van der Waals surface area contributed by atoms with Crippen molar-refractivity contribution >= 4 is 11.8 Å². The molecule has 1 rings (SSSR count). The van der Waals surface area contributed by atoms with Crippen molar-refractivity contribution in [2.45, 2.75) is 13.8 Å². The fraction of sp³-hybridized carbons (Fsp3) is 0.200. The summed E-state index contributed by atoms with van der Waals surface area (Å²) in [5.74, 6) is 0. The molecule has 0 aliphatic rings. The van der Waals surface area contributed by atoms with Gasteiger partial charge in [-0.15, -0.1) is 0 Å². The Hall–Kier alpha value is -1.24. The molecule has 1 aromatic rings. The Morgan fingerprint density at radius 1 is 1.27 bits per heavy atom. The van der Waals surface area contributed by atoms with Crippen LogP contribution < -0.4 is 5.73 Å². The number of rotatable bonds is 1. The summed E-state index contributed by atoms with van der Waals surface area (Å²) in [6.45, 7) is 7.75. The van der Waals surface area contributed by atoms with Crippen molar-refractivity contribution in [2.75, 3.05) is 5.73 Å². The van der Waals surface area contributed by atoms with Gasteiger partial charge in [-0.25, -0.2) is 0 Å². The largest absolute Gasteiger partial charge is 0.398 e. The summed E-state index contributed by atoms with van der Waals surface area (Å²) in [5.41, 5.74) is 10.0. The molecule has 1 nitrogen and oxygen atoms in total. The van der Waals surface area contributed by atoms with Crippen molar-refractivity contribution < 1.29 is 0 Å². The lowest BCUT2D eigenvalue weighted by Gasteiger charge is -2.06. The van der Waals surface area contributed by atoms with Gasteiger partial charge in [0.25, 0.3) is 0 Å². The first-order valence-electron chi connectivity index (χ1n) is 3.65. The second-order valence-corrected chi connectivity index (χ2v) is 2.73. The predicted molar refractivity (Wildman–Crippen MR) is 50.4 cm³/mol.